The molecule has 0 aliphatic heterocycles. The molecule has 2 rings (SSSR count). The average molecular weight is 232 g/mol. The molecule has 0 aliphatic rings. The molecular formula is C13H16N2S. The summed E-state index contributed by atoms with van der Waals surface area (Å²) in [6, 6.07) is 6.47. The minimum atomic E-state index is 0.0479. The Morgan fingerprint density at radius 3 is 2.81 bits per heavy atom. The molecule has 0 bridgehead atoms. The Bertz CT molecular complexity index is 463. The zero-order chi connectivity index (χ0) is 11.5. The topological polar surface area (TPSA) is 38.9 Å². The van der Waals surface area contributed by atoms with E-state index >= 15 is 0 Å². The Hall–Kier alpha value is -1.19. The average Bonchev–Trinajstić information content (AvgIpc) is 2.70. The molecule has 0 radical (unpaired) electrons. The number of aryl methyl sites for hydroxylation is 2. The van der Waals surface area contributed by atoms with E-state index in [0.29, 0.717) is 0 Å². The normalized spacial score (nSPS) is 12.7. The molecule has 2 N–H and O–H groups in total. The summed E-state index contributed by atoms with van der Waals surface area (Å²) in [5.74, 6) is 0. The first-order valence-electron chi connectivity index (χ1n) is 5.38. The number of rotatable bonds is 3. The third-order valence-electron chi connectivity index (χ3n) is 2.70. The van der Waals surface area contributed by atoms with Gasteiger partial charge in [0.05, 0.1) is 5.01 Å². The Morgan fingerprint density at radius 2 is 2.19 bits per heavy atom. The lowest BCUT2D eigenvalue weighted by Crippen LogP contribution is -2.14. The van der Waals surface area contributed by atoms with Gasteiger partial charge < -0.3 is 5.73 Å². The van der Waals surface area contributed by atoms with Crippen molar-refractivity contribution in [3.8, 4) is 0 Å². The summed E-state index contributed by atoms with van der Waals surface area (Å²) in [7, 11) is 0. The van der Waals surface area contributed by atoms with E-state index in [1.807, 2.05) is 11.6 Å². The van der Waals surface area contributed by atoms with E-state index in [9.17, 15) is 0 Å². The van der Waals surface area contributed by atoms with E-state index in [-0.39, 0.29) is 6.04 Å². The van der Waals surface area contributed by atoms with Gasteiger partial charge in [-0.05, 0) is 25.0 Å². The fourth-order valence-electron chi connectivity index (χ4n) is 1.89. The van der Waals surface area contributed by atoms with Crippen molar-refractivity contribution in [3.05, 3.63) is 51.5 Å². The lowest BCUT2D eigenvalue weighted by molar-refractivity contribution is 0.712. The van der Waals surface area contributed by atoms with Crippen LogP contribution in [0.2, 0.25) is 0 Å². The van der Waals surface area contributed by atoms with Crippen LogP contribution in [0.15, 0.2) is 29.8 Å². The maximum absolute atomic E-state index is 6.20. The molecule has 1 aromatic carbocycles. The van der Waals surface area contributed by atoms with Gasteiger partial charge in [0, 0.05) is 24.0 Å². The van der Waals surface area contributed by atoms with Crippen LogP contribution in [0.1, 0.15) is 27.7 Å². The van der Waals surface area contributed by atoms with Crippen molar-refractivity contribution >= 4 is 11.3 Å². The lowest BCUT2D eigenvalue weighted by Gasteiger charge is -2.13. The van der Waals surface area contributed by atoms with Gasteiger partial charge in [0.1, 0.15) is 0 Å². The fraction of sp³-hybridized carbons (Fsp3) is 0.308. The molecule has 1 unspecified atom stereocenters. The van der Waals surface area contributed by atoms with Gasteiger partial charge in [-0.3, -0.25) is 0 Å². The molecule has 3 heteroatoms. The van der Waals surface area contributed by atoms with Crippen molar-refractivity contribution < 1.29 is 0 Å². The Balaban J connectivity index is 2.17. The summed E-state index contributed by atoms with van der Waals surface area (Å²) in [5.41, 5.74) is 9.97. The first-order chi connectivity index (χ1) is 7.66. The molecule has 2 nitrogen and oxygen atoms in total. The second-order valence-corrected chi connectivity index (χ2v) is 5.08. The van der Waals surface area contributed by atoms with Crippen LogP contribution in [-0.2, 0) is 6.42 Å². The molecule has 0 aliphatic carbocycles. The van der Waals surface area contributed by atoms with E-state index in [2.05, 4.69) is 37.0 Å². The summed E-state index contributed by atoms with van der Waals surface area (Å²) in [4.78, 5) is 4.27. The van der Waals surface area contributed by atoms with Crippen LogP contribution in [0.25, 0.3) is 0 Å². The minimum absolute atomic E-state index is 0.0479. The number of benzene rings is 1. The summed E-state index contributed by atoms with van der Waals surface area (Å²) in [5, 5.41) is 3.09. The molecule has 2 aromatic rings. The minimum Gasteiger partial charge on any atom is -0.324 e. The third kappa shape index (κ3) is 2.49. The van der Waals surface area contributed by atoms with Gasteiger partial charge in [0.25, 0.3) is 0 Å². The summed E-state index contributed by atoms with van der Waals surface area (Å²) < 4.78 is 0. The molecule has 0 spiro atoms. The highest BCUT2D eigenvalue weighted by Crippen LogP contribution is 2.21. The fourth-order valence-corrected chi connectivity index (χ4v) is 2.57. The Labute approximate surface area is 100 Å². The molecule has 0 fully saturated rings. The van der Waals surface area contributed by atoms with Crippen molar-refractivity contribution in [1.29, 1.82) is 0 Å². The van der Waals surface area contributed by atoms with E-state index < -0.39 is 0 Å². The number of hydrogen-bond donors (Lipinski definition) is 1. The highest BCUT2D eigenvalue weighted by atomic mass is 32.1. The number of nitrogens with two attached hydrogens (primary N) is 1. The van der Waals surface area contributed by atoms with Gasteiger partial charge in [0.2, 0.25) is 0 Å². The Kier molecular flexibility index (Phi) is 3.36. The number of nitrogens with zero attached hydrogens (tertiary/aromatic N) is 1. The smallest absolute Gasteiger partial charge is 0.0943 e. The van der Waals surface area contributed by atoms with Gasteiger partial charge in [-0.2, -0.15) is 0 Å². The third-order valence-corrected chi connectivity index (χ3v) is 3.50. The summed E-state index contributed by atoms with van der Waals surface area (Å²) in [6.45, 7) is 4.22. The van der Waals surface area contributed by atoms with Crippen LogP contribution < -0.4 is 5.73 Å². The molecule has 1 heterocycles. The van der Waals surface area contributed by atoms with Crippen molar-refractivity contribution in [2.24, 2.45) is 5.73 Å². The van der Waals surface area contributed by atoms with Gasteiger partial charge >= 0.3 is 0 Å². The van der Waals surface area contributed by atoms with Crippen molar-refractivity contribution in [2.75, 3.05) is 0 Å². The van der Waals surface area contributed by atoms with Gasteiger partial charge in [-0.25, -0.2) is 4.98 Å². The highest BCUT2D eigenvalue weighted by molar-refractivity contribution is 7.09. The first-order valence-corrected chi connectivity index (χ1v) is 6.26. The standard InChI is InChI=1S/C13H16N2S/c1-9-3-4-11(10(2)7-9)12(14)8-13-15-5-6-16-13/h3-7,12H,8,14H2,1-2H3. The first kappa shape index (κ1) is 11.3. The van der Waals surface area contributed by atoms with Crippen molar-refractivity contribution in [2.45, 2.75) is 26.3 Å². The second kappa shape index (κ2) is 4.76. The molecule has 0 saturated heterocycles. The van der Waals surface area contributed by atoms with Crippen LogP contribution in [0.5, 0.6) is 0 Å². The quantitative estimate of drug-likeness (QED) is 0.883. The zero-order valence-electron chi connectivity index (χ0n) is 9.60. The largest absolute Gasteiger partial charge is 0.324 e. The number of aromatic nitrogens is 1. The predicted molar refractivity (Wildman–Crippen MR) is 68.7 cm³/mol. The summed E-state index contributed by atoms with van der Waals surface area (Å²) in [6.07, 6.45) is 2.65. The molecule has 84 valence electrons. The van der Waals surface area contributed by atoms with Crippen molar-refractivity contribution in [1.82, 2.24) is 4.98 Å². The highest BCUT2D eigenvalue weighted by Gasteiger charge is 2.10. The maximum Gasteiger partial charge on any atom is 0.0943 e. The van der Waals surface area contributed by atoms with Crippen LogP contribution in [0.4, 0.5) is 0 Å². The van der Waals surface area contributed by atoms with Crippen LogP contribution in [-0.4, -0.2) is 4.98 Å². The Morgan fingerprint density at radius 1 is 1.38 bits per heavy atom. The molecule has 1 aromatic heterocycles. The number of thiazole rings is 1. The maximum atomic E-state index is 6.20. The van der Waals surface area contributed by atoms with E-state index in [4.69, 9.17) is 5.73 Å². The van der Waals surface area contributed by atoms with Crippen LogP contribution in [0, 0.1) is 13.8 Å². The van der Waals surface area contributed by atoms with Gasteiger partial charge in [-0.1, -0.05) is 23.8 Å². The van der Waals surface area contributed by atoms with Gasteiger partial charge in [-0.15, -0.1) is 11.3 Å². The van der Waals surface area contributed by atoms with E-state index in [1.165, 1.54) is 16.7 Å². The molecule has 0 amide bonds. The van der Waals surface area contributed by atoms with Crippen LogP contribution in [0.3, 0.4) is 0 Å². The van der Waals surface area contributed by atoms with E-state index in [0.717, 1.165) is 11.4 Å². The predicted octanol–water partition coefficient (Wildman–Crippen LogP) is 3.00. The van der Waals surface area contributed by atoms with E-state index in [1.54, 1.807) is 11.3 Å². The lowest BCUT2D eigenvalue weighted by atomic mass is 9.98. The molecular weight excluding hydrogens is 216 g/mol. The summed E-state index contributed by atoms with van der Waals surface area (Å²) >= 11 is 1.66. The molecule has 0 saturated carbocycles. The number of hydrogen-bond acceptors (Lipinski definition) is 3. The van der Waals surface area contributed by atoms with Gasteiger partial charge in [0.15, 0.2) is 0 Å². The zero-order valence-corrected chi connectivity index (χ0v) is 10.4. The molecule has 1 atom stereocenters. The second-order valence-electron chi connectivity index (χ2n) is 4.10. The SMILES string of the molecule is Cc1ccc(C(N)Cc2nccs2)c(C)c1. The molecule has 16 heavy (non-hydrogen) atoms. The van der Waals surface area contributed by atoms with Crippen molar-refractivity contribution in [3.63, 3.8) is 0 Å². The van der Waals surface area contributed by atoms with Crippen LogP contribution >= 0.6 is 11.3 Å². The monoisotopic (exact) mass is 232 g/mol.